The highest BCUT2D eigenvalue weighted by Gasteiger charge is 2.36. The first-order valence-electron chi connectivity index (χ1n) is 12.5. The van der Waals surface area contributed by atoms with E-state index >= 15 is 0 Å². The molecule has 12 heteroatoms. The Morgan fingerprint density at radius 1 is 1.02 bits per heavy atom. The number of carbonyl (C=O) groups is 3. The van der Waals surface area contributed by atoms with Crippen molar-refractivity contribution in [2.75, 3.05) is 24.9 Å². The number of methoxy groups -OCH3 is 2. The van der Waals surface area contributed by atoms with Crippen molar-refractivity contribution in [3.05, 3.63) is 101 Å². The molecular formula is C29H25ClN6O5. The Morgan fingerprint density at radius 2 is 1.88 bits per heavy atom. The number of benzene rings is 2. The quantitative estimate of drug-likeness (QED) is 0.323. The van der Waals surface area contributed by atoms with E-state index in [-0.39, 0.29) is 41.9 Å². The molecule has 2 aromatic heterocycles. The van der Waals surface area contributed by atoms with Gasteiger partial charge in [0.05, 0.1) is 43.4 Å². The lowest BCUT2D eigenvalue weighted by atomic mass is 10.0. The van der Waals surface area contributed by atoms with Gasteiger partial charge in [-0.1, -0.05) is 23.7 Å². The summed E-state index contributed by atoms with van der Waals surface area (Å²) in [5.41, 5.74) is 2.20. The minimum absolute atomic E-state index is 0.0635. The lowest BCUT2D eigenvalue weighted by Gasteiger charge is -2.29. The summed E-state index contributed by atoms with van der Waals surface area (Å²) in [6.07, 6.45) is 4.59. The molecule has 0 aliphatic carbocycles. The standard InChI is InChI=1S/C29H25ClN6O5/c1-40-24-11-17(6-8-21(24)27(37)35-25-14-33-26(41-2)15-32-25)16-36-23(13-19-5-3-4-10-31-19)28(38)34-22-12-18(30)7-9-20(22)29(36)39/h3-12,14-15,23H,13,16H2,1-2H3,(H,34,38)(H,32,35,37)/t23-/m1/s1. The molecule has 208 valence electrons. The van der Waals surface area contributed by atoms with E-state index in [9.17, 15) is 14.4 Å². The number of rotatable bonds is 8. The van der Waals surface area contributed by atoms with Gasteiger partial charge in [0.1, 0.15) is 11.8 Å². The number of anilines is 2. The lowest BCUT2D eigenvalue weighted by molar-refractivity contribution is -0.120. The molecule has 11 nitrogen and oxygen atoms in total. The topological polar surface area (TPSA) is 136 Å². The van der Waals surface area contributed by atoms with Crippen LogP contribution in [0.2, 0.25) is 5.02 Å². The number of hydrogen-bond acceptors (Lipinski definition) is 8. The fourth-order valence-corrected chi connectivity index (χ4v) is 4.62. The molecule has 1 aliphatic heterocycles. The second-order valence-electron chi connectivity index (χ2n) is 9.09. The maximum atomic E-state index is 13.8. The summed E-state index contributed by atoms with van der Waals surface area (Å²) in [5.74, 6) is -0.352. The molecule has 2 aromatic carbocycles. The first-order chi connectivity index (χ1) is 19.9. The largest absolute Gasteiger partial charge is 0.496 e. The maximum Gasteiger partial charge on any atom is 0.260 e. The van der Waals surface area contributed by atoms with E-state index in [0.29, 0.717) is 33.4 Å². The van der Waals surface area contributed by atoms with E-state index in [1.807, 2.05) is 6.07 Å². The SMILES string of the molecule is COc1cnc(NC(=O)c2ccc(CN3C(=O)c4ccc(Cl)cc4NC(=O)[C@H]3Cc3ccccn3)cc2OC)cn1. The lowest BCUT2D eigenvalue weighted by Crippen LogP contribution is -2.46. The van der Waals surface area contributed by atoms with Crippen LogP contribution in [0, 0.1) is 0 Å². The van der Waals surface area contributed by atoms with Crippen LogP contribution >= 0.6 is 11.6 Å². The van der Waals surface area contributed by atoms with Gasteiger partial charge in [0.15, 0.2) is 5.82 Å². The van der Waals surface area contributed by atoms with Gasteiger partial charge in [-0.25, -0.2) is 9.97 Å². The Bertz CT molecular complexity index is 1600. The fraction of sp³-hybridized carbons (Fsp3) is 0.172. The van der Waals surface area contributed by atoms with Crippen molar-refractivity contribution < 1.29 is 23.9 Å². The predicted molar refractivity (Wildman–Crippen MR) is 151 cm³/mol. The van der Waals surface area contributed by atoms with Crippen molar-refractivity contribution in [3.63, 3.8) is 0 Å². The van der Waals surface area contributed by atoms with E-state index in [2.05, 4.69) is 25.6 Å². The Balaban J connectivity index is 1.45. The van der Waals surface area contributed by atoms with Gasteiger partial charge in [-0.05, 0) is 48.0 Å². The van der Waals surface area contributed by atoms with Crippen LogP contribution in [0.5, 0.6) is 11.6 Å². The van der Waals surface area contributed by atoms with Crippen molar-refractivity contribution in [1.29, 1.82) is 0 Å². The molecule has 41 heavy (non-hydrogen) atoms. The number of carbonyl (C=O) groups excluding carboxylic acids is 3. The van der Waals surface area contributed by atoms with E-state index in [0.717, 1.165) is 0 Å². The van der Waals surface area contributed by atoms with Gasteiger partial charge in [0, 0.05) is 29.9 Å². The summed E-state index contributed by atoms with van der Waals surface area (Å²) in [6, 6.07) is 14.2. The molecule has 0 saturated heterocycles. The molecule has 1 aliphatic rings. The van der Waals surface area contributed by atoms with Crippen LogP contribution in [0.4, 0.5) is 11.5 Å². The minimum Gasteiger partial charge on any atom is -0.496 e. The van der Waals surface area contributed by atoms with Gasteiger partial charge in [0.25, 0.3) is 11.8 Å². The fourth-order valence-electron chi connectivity index (χ4n) is 4.45. The summed E-state index contributed by atoms with van der Waals surface area (Å²) in [6.45, 7) is 0.0635. The number of pyridine rings is 1. The molecule has 4 aromatic rings. The molecule has 0 fully saturated rings. The molecule has 0 spiro atoms. The van der Waals surface area contributed by atoms with Gasteiger partial charge in [-0.3, -0.25) is 19.4 Å². The van der Waals surface area contributed by atoms with Crippen molar-refractivity contribution in [3.8, 4) is 11.6 Å². The molecule has 0 bridgehead atoms. The van der Waals surface area contributed by atoms with Crippen molar-refractivity contribution in [2.45, 2.75) is 19.0 Å². The van der Waals surface area contributed by atoms with Gasteiger partial charge >= 0.3 is 0 Å². The molecule has 5 rings (SSSR count). The molecule has 3 amide bonds. The van der Waals surface area contributed by atoms with Crippen molar-refractivity contribution in [2.24, 2.45) is 0 Å². The monoisotopic (exact) mass is 572 g/mol. The summed E-state index contributed by atoms with van der Waals surface area (Å²) in [4.78, 5) is 54.2. The number of ether oxygens (including phenoxy) is 2. The van der Waals surface area contributed by atoms with Gasteiger partial charge in [-0.2, -0.15) is 0 Å². The number of fused-ring (bicyclic) bond motifs is 1. The third-order valence-corrected chi connectivity index (χ3v) is 6.72. The van der Waals surface area contributed by atoms with E-state index in [1.54, 1.807) is 54.7 Å². The van der Waals surface area contributed by atoms with Crippen LogP contribution in [0.1, 0.15) is 32.0 Å². The van der Waals surface area contributed by atoms with Crippen molar-refractivity contribution >= 4 is 40.8 Å². The highest BCUT2D eigenvalue weighted by molar-refractivity contribution is 6.31. The number of nitrogens with one attached hydrogen (secondary N) is 2. The zero-order valence-electron chi connectivity index (χ0n) is 22.1. The van der Waals surface area contributed by atoms with Crippen LogP contribution in [0.3, 0.4) is 0 Å². The normalized spacial score (nSPS) is 14.5. The number of halogens is 1. The number of aromatic nitrogens is 3. The smallest absolute Gasteiger partial charge is 0.260 e. The molecule has 0 saturated carbocycles. The summed E-state index contributed by atoms with van der Waals surface area (Å²) >= 11 is 6.15. The Labute approximate surface area is 240 Å². The average molecular weight is 573 g/mol. The average Bonchev–Trinajstić information content (AvgIpc) is 3.07. The van der Waals surface area contributed by atoms with Crippen LogP contribution in [-0.4, -0.2) is 57.8 Å². The third-order valence-electron chi connectivity index (χ3n) is 6.48. The zero-order chi connectivity index (χ0) is 28.9. The Kier molecular flexibility index (Phi) is 8.06. The highest BCUT2D eigenvalue weighted by atomic mass is 35.5. The molecule has 1 atom stereocenters. The van der Waals surface area contributed by atoms with Gasteiger partial charge < -0.3 is 25.0 Å². The summed E-state index contributed by atoms with van der Waals surface area (Å²) in [7, 11) is 2.91. The molecule has 3 heterocycles. The second kappa shape index (κ2) is 12.0. The first kappa shape index (κ1) is 27.5. The summed E-state index contributed by atoms with van der Waals surface area (Å²) < 4.78 is 10.5. The Morgan fingerprint density at radius 3 is 2.59 bits per heavy atom. The number of nitrogens with zero attached hydrogens (tertiary/aromatic N) is 4. The van der Waals surface area contributed by atoms with E-state index in [4.69, 9.17) is 21.1 Å². The second-order valence-corrected chi connectivity index (χ2v) is 9.52. The molecular weight excluding hydrogens is 548 g/mol. The number of hydrogen-bond donors (Lipinski definition) is 2. The molecule has 2 N–H and O–H groups in total. The minimum atomic E-state index is -0.869. The van der Waals surface area contributed by atoms with Gasteiger partial charge in [-0.15, -0.1) is 0 Å². The van der Waals surface area contributed by atoms with Crippen LogP contribution in [-0.2, 0) is 17.8 Å². The first-order valence-corrected chi connectivity index (χ1v) is 12.9. The predicted octanol–water partition coefficient (Wildman–Crippen LogP) is 4.00. The highest BCUT2D eigenvalue weighted by Crippen LogP contribution is 2.30. The maximum absolute atomic E-state index is 13.8. The van der Waals surface area contributed by atoms with Crippen molar-refractivity contribution in [1.82, 2.24) is 19.9 Å². The Hall–Kier alpha value is -5.03. The molecule has 0 unspecified atom stereocenters. The molecule has 0 radical (unpaired) electrons. The van der Waals surface area contributed by atoms with E-state index in [1.165, 1.54) is 31.5 Å². The van der Waals surface area contributed by atoms with Crippen LogP contribution in [0.25, 0.3) is 0 Å². The van der Waals surface area contributed by atoms with Crippen LogP contribution in [0.15, 0.2) is 73.2 Å². The third kappa shape index (κ3) is 6.10. The van der Waals surface area contributed by atoms with Crippen LogP contribution < -0.4 is 20.1 Å². The number of amides is 3. The summed E-state index contributed by atoms with van der Waals surface area (Å²) in [5, 5.41) is 5.91. The van der Waals surface area contributed by atoms with E-state index < -0.39 is 11.9 Å². The van der Waals surface area contributed by atoms with Gasteiger partial charge in [0.2, 0.25) is 11.8 Å². The zero-order valence-corrected chi connectivity index (χ0v) is 22.9.